The van der Waals surface area contributed by atoms with Crippen molar-refractivity contribution in [3.63, 3.8) is 0 Å². The fourth-order valence-electron chi connectivity index (χ4n) is 1.52. The number of hydrogen-bond acceptors (Lipinski definition) is 5. The van der Waals surface area contributed by atoms with Gasteiger partial charge in [-0.15, -0.1) is 0 Å². The first-order valence-electron chi connectivity index (χ1n) is 5.40. The zero-order valence-corrected chi connectivity index (χ0v) is 11.7. The van der Waals surface area contributed by atoms with Gasteiger partial charge in [-0.25, -0.2) is 4.98 Å². The molecule has 1 aromatic carbocycles. The predicted molar refractivity (Wildman–Crippen MR) is 77.3 cm³/mol. The molecule has 96 valence electrons. The summed E-state index contributed by atoms with van der Waals surface area (Å²) in [5.74, 6) is 1.16. The molecule has 5 nitrogen and oxygen atoms in total. The summed E-state index contributed by atoms with van der Waals surface area (Å²) in [7, 11) is 1.59. The Hall–Kier alpha value is -2.26. The van der Waals surface area contributed by atoms with Crippen molar-refractivity contribution in [2.45, 2.75) is 0 Å². The van der Waals surface area contributed by atoms with Gasteiger partial charge in [0.15, 0.2) is 0 Å². The molecule has 0 atom stereocenters. The Balaban J connectivity index is 2.39. The monoisotopic (exact) mass is 318 g/mol. The number of methoxy groups -OCH3 is 1. The maximum atomic E-state index is 9.07. The van der Waals surface area contributed by atoms with Gasteiger partial charge in [0.25, 0.3) is 0 Å². The zero-order valence-electron chi connectivity index (χ0n) is 10.1. The van der Waals surface area contributed by atoms with Gasteiger partial charge in [0.05, 0.1) is 30.2 Å². The third kappa shape index (κ3) is 2.95. The molecule has 0 aliphatic heterocycles. The first-order valence-corrected chi connectivity index (χ1v) is 6.19. The highest BCUT2D eigenvalue weighted by molar-refractivity contribution is 9.10. The fraction of sp³-hybridized carbons (Fsp3) is 0.0769. The number of nitriles is 1. The normalized spacial score (nSPS) is 9.74. The van der Waals surface area contributed by atoms with Crippen LogP contribution in [0.4, 0.5) is 17.2 Å². The lowest BCUT2D eigenvalue weighted by Crippen LogP contribution is -1.99. The Labute approximate surface area is 119 Å². The lowest BCUT2D eigenvalue weighted by atomic mass is 10.2. The standard InChI is InChI=1S/C13H11BrN4O/c1-19-10-2-3-11(14)12(5-10)18-13-8(6-15)4-9(16)7-17-13/h2-5,7H,16H2,1H3,(H,17,18). The molecule has 6 heteroatoms. The number of ether oxygens (including phenoxy) is 1. The largest absolute Gasteiger partial charge is 0.497 e. The van der Waals surface area contributed by atoms with Crippen LogP contribution in [0.3, 0.4) is 0 Å². The molecule has 0 unspecified atom stereocenters. The van der Waals surface area contributed by atoms with Crippen LogP contribution < -0.4 is 15.8 Å². The quantitative estimate of drug-likeness (QED) is 0.908. The van der Waals surface area contributed by atoms with E-state index in [1.807, 2.05) is 18.2 Å². The summed E-state index contributed by atoms with van der Waals surface area (Å²) in [5, 5.41) is 12.1. The molecule has 0 amide bonds. The fourth-order valence-corrected chi connectivity index (χ4v) is 1.87. The highest BCUT2D eigenvalue weighted by Crippen LogP contribution is 2.30. The molecular weight excluding hydrogens is 308 g/mol. The molecule has 0 spiro atoms. The number of hydrogen-bond donors (Lipinski definition) is 2. The minimum Gasteiger partial charge on any atom is -0.497 e. The van der Waals surface area contributed by atoms with Crippen LogP contribution in [0.2, 0.25) is 0 Å². The maximum absolute atomic E-state index is 9.07. The minimum absolute atomic E-state index is 0.384. The number of nitrogen functional groups attached to an aromatic ring is 1. The maximum Gasteiger partial charge on any atom is 0.148 e. The molecule has 0 bridgehead atoms. The van der Waals surface area contributed by atoms with Crippen molar-refractivity contribution in [2.24, 2.45) is 0 Å². The van der Waals surface area contributed by atoms with Crippen LogP contribution in [0.1, 0.15) is 5.56 Å². The van der Waals surface area contributed by atoms with Gasteiger partial charge in [-0.2, -0.15) is 5.26 Å². The topological polar surface area (TPSA) is 84.0 Å². The SMILES string of the molecule is COc1ccc(Br)c(Nc2ncc(N)cc2C#N)c1. The first kappa shape index (κ1) is 13.2. The summed E-state index contributed by atoms with van der Waals surface area (Å²) in [6.07, 6.45) is 1.50. The van der Waals surface area contributed by atoms with Crippen LogP contribution in [-0.2, 0) is 0 Å². The van der Waals surface area contributed by atoms with Gasteiger partial charge >= 0.3 is 0 Å². The van der Waals surface area contributed by atoms with Crippen molar-refractivity contribution in [2.75, 3.05) is 18.2 Å². The Morgan fingerprint density at radius 3 is 2.89 bits per heavy atom. The molecule has 0 saturated heterocycles. The average Bonchev–Trinajstić information content (AvgIpc) is 2.43. The second-order valence-corrected chi connectivity index (χ2v) is 4.60. The second kappa shape index (κ2) is 5.59. The van der Waals surface area contributed by atoms with E-state index in [-0.39, 0.29) is 0 Å². The van der Waals surface area contributed by atoms with Crippen LogP contribution in [0.15, 0.2) is 34.9 Å². The summed E-state index contributed by atoms with van der Waals surface area (Å²) in [5.41, 5.74) is 7.19. The van der Waals surface area contributed by atoms with Gasteiger partial charge in [0, 0.05) is 10.5 Å². The molecule has 0 saturated carbocycles. The lowest BCUT2D eigenvalue weighted by Gasteiger charge is -2.11. The van der Waals surface area contributed by atoms with Gasteiger partial charge < -0.3 is 15.8 Å². The summed E-state index contributed by atoms with van der Waals surface area (Å²) >= 11 is 3.42. The molecule has 0 aliphatic carbocycles. The number of rotatable bonds is 3. The molecule has 0 fully saturated rings. The number of pyridine rings is 1. The van der Waals surface area contributed by atoms with E-state index in [4.69, 9.17) is 15.7 Å². The van der Waals surface area contributed by atoms with Crippen LogP contribution in [0, 0.1) is 11.3 Å². The minimum atomic E-state index is 0.384. The highest BCUT2D eigenvalue weighted by Gasteiger charge is 2.08. The molecule has 0 aliphatic rings. The van der Waals surface area contributed by atoms with Gasteiger partial charge in [0.1, 0.15) is 17.6 Å². The van der Waals surface area contributed by atoms with Crippen LogP contribution >= 0.6 is 15.9 Å². The van der Waals surface area contributed by atoms with Crippen molar-refractivity contribution in [1.82, 2.24) is 4.98 Å². The van der Waals surface area contributed by atoms with E-state index in [1.54, 1.807) is 13.2 Å². The molecular formula is C13H11BrN4O. The Morgan fingerprint density at radius 2 is 2.21 bits per heavy atom. The number of halogens is 1. The molecule has 1 heterocycles. The van der Waals surface area contributed by atoms with Crippen molar-refractivity contribution in [3.8, 4) is 11.8 Å². The molecule has 2 aromatic rings. The Morgan fingerprint density at radius 1 is 1.42 bits per heavy atom. The number of nitrogens with two attached hydrogens (primary N) is 1. The van der Waals surface area contributed by atoms with Gasteiger partial charge in [-0.3, -0.25) is 0 Å². The van der Waals surface area contributed by atoms with E-state index in [0.717, 1.165) is 10.2 Å². The van der Waals surface area contributed by atoms with Crippen molar-refractivity contribution >= 4 is 33.1 Å². The third-order valence-electron chi connectivity index (χ3n) is 2.46. The first-order chi connectivity index (χ1) is 9.13. The van der Waals surface area contributed by atoms with Crippen LogP contribution in [0.25, 0.3) is 0 Å². The van der Waals surface area contributed by atoms with Gasteiger partial charge in [-0.05, 0) is 34.1 Å². The molecule has 2 rings (SSSR count). The lowest BCUT2D eigenvalue weighted by molar-refractivity contribution is 0.415. The van der Waals surface area contributed by atoms with E-state index in [0.29, 0.717) is 22.8 Å². The zero-order chi connectivity index (χ0) is 13.8. The third-order valence-corrected chi connectivity index (χ3v) is 3.15. The number of nitrogens with zero attached hydrogens (tertiary/aromatic N) is 2. The summed E-state index contributed by atoms with van der Waals surface area (Å²) in [6.45, 7) is 0. The van der Waals surface area contributed by atoms with E-state index >= 15 is 0 Å². The average molecular weight is 319 g/mol. The second-order valence-electron chi connectivity index (χ2n) is 3.75. The van der Waals surface area contributed by atoms with Crippen molar-refractivity contribution in [3.05, 3.63) is 40.5 Å². The van der Waals surface area contributed by atoms with Crippen LogP contribution in [-0.4, -0.2) is 12.1 Å². The smallest absolute Gasteiger partial charge is 0.148 e. The van der Waals surface area contributed by atoms with Gasteiger partial charge in [-0.1, -0.05) is 0 Å². The molecule has 0 radical (unpaired) electrons. The van der Waals surface area contributed by atoms with E-state index < -0.39 is 0 Å². The highest BCUT2D eigenvalue weighted by atomic mass is 79.9. The summed E-state index contributed by atoms with van der Waals surface area (Å²) in [6, 6.07) is 9.12. The predicted octanol–water partition coefficient (Wildman–Crippen LogP) is 3.05. The number of benzene rings is 1. The van der Waals surface area contributed by atoms with Crippen LogP contribution in [0.5, 0.6) is 5.75 Å². The summed E-state index contributed by atoms with van der Waals surface area (Å²) < 4.78 is 6.00. The van der Waals surface area contributed by atoms with E-state index in [2.05, 4.69) is 32.3 Å². The molecule has 19 heavy (non-hydrogen) atoms. The Kier molecular flexibility index (Phi) is 3.88. The molecule has 1 aromatic heterocycles. The van der Waals surface area contributed by atoms with Crippen molar-refractivity contribution < 1.29 is 4.74 Å². The number of anilines is 3. The Bertz CT molecular complexity index is 652. The van der Waals surface area contributed by atoms with Crippen molar-refractivity contribution in [1.29, 1.82) is 5.26 Å². The van der Waals surface area contributed by atoms with E-state index in [9.17, 15) is 0 Å². The number of nitrogens with one attached hydrogen (secondary N) is 1. The van der Waals surface area contributed by atoms with E-state index in [1.165, 1.54) is 6.20 Å². The van der Waals surface area contributed by atoms with Gasteiger partial charge in [0.2, 0.25) is 0 Å². The summed E-state index contributed by atoms with van der Waals surface area (Å²) in [4.78, 5) is 4.12. The number of aromatic nitrogens is 1. The molecule has 3 N–H and O–H groups in total.